The molecule has 1 aromatic rings. The molecule has 0 aliphatic carbocycles. The first kappa shape index (κ1) is 18.9. The third-order valence-corrected chi connectivity index (χ3v) is 6.19. The zero-order valence-electron chi connectivity index (χ0n) is 13.2. The van der Waals surface area contributed by atoms with Gasteiger partial charge in [0.15, 0.2) is 0 Å². The maximum Gasteiger partial charge on any atom is 0.223 e. The van der Waals surface area contributed by atoms with Crippen molar-refractivity contribution < 1.29 is 17.6 Å². The minimum absolute atomic E-state index is 0.0231. The predicted octanol–water partition coefficient (Wildman–Crippen LogP) is 2.32. The molecule has 1 aliphatic rings. The van der Waals surface area contributed by atoms with Crippen LogP contribution in [0.15, 0.2) is 30.9 Å². The van der Waals surface area contributed by atoms with E-state index >= 15 is 0 Å². The maximum atomic E-state index is 13.8. The Bertz CT molecular complexity index is 696. The quantitative estimate of drug-likeness (QED) is 0.777. The number of piperidine rings is 1. The topological polar surface area (TPSA) is 66.5 Å². The van der Waals surface area contributed by atoms with Gasteiger partial charge in [0.05, 0.1) is 5.75 Å². The van der Waals surface area contributed by atoms with Crippen LogP contribution in [0.5, 0.6) is 0 Å². The molecule has 1 heterocycles. The molecular weight excluding hydrogens is 355 g/mol. The predicted molar refractivity (Wildman–Crippen MR) is 91.5 cm³/mol. The summed E-state index contributed by atoms with van der Waals surface area (Å²) in [4.78, 5) is 11.9. The van der Waals surface area contributed by atoms with E-state index in [2.05, 4.69) is 11.9 Å². The van der Waals surface area contributed by atoms with Crippen LogP contribution in [-0.4, -0.2) is 38.3 Å². The van der Waals surface area contributed by atoms with Crippen molar-refractivity contribution >= 4 is 27.5 Å². The van der Waals surface area contributed by atoms with E-state index in [9.17, 15) is 17.6 Å². The fraction of sp³-hybridized carbons (Fsp3) is 0.438. The van der Waals surface area contributed by atoms with Crippen molar-refractivity contribution in [2.45, 2.75) is 18.6 Å². The minimum Gasteiger partial charge on any atom is -0.352 e. The van der Waals surface area contributed by atoms with Gasteiger partial charge in [-0.1, -0.05) is 23.7 Å². The van der Waals surface area contributed by atoms with E-state index in [1.807, 2.05) is 0 Å². The Hall–Kier alpha value is -1.44. The second-order valence-electron chi connectivity index (χ2n) is 5.66. The molecule has 1 saturated heterocycles. The first-order valence-corrected chi connectivity index (χ1v) is 9.63. The van der Waals surface area contributed by atoms with E-state index in [0.29, 0.717) is 19.4 Å². The maximum absolute atomic E-state index is 13.8. The summed E-state index contributed by atoms with van der Waals surface area (Å²) in [6.45, 7) is 4.40. The number of sulfonamides is 1. The molecule has 5 nitrogen and oxygen atoms in total. The third kappa shape index (κ3) is 4.55. The number of nitrogens with one attached hydrogen (secondary N) is 1. The monoisotopic (exact) mass is 374 g/mol. The molecule has 8 heteroatoms. The molecule has 0 spiro atoms. The minimum atomic E-state index is -3.69. The fourth-order valence-electron chi connectivity index (χ4n) is 2.66. The number of nitrogens with zero attached hydrogens (tertiary/aromatic N) is 1. The fourth-order valence-corrected chi connectivity index (χ4v) is 4.57. The average Bonchev–Trinajstić information content (AvgIpc) is 2.56. The first-order valence-electron chi connectivity index (χ1n) is 7.64. The summed E-state index contributed by atoms with van der Waals surface area (Å²) in [6, 6.07) is 4.08. The second kappa shape index (κ2) is 8.09. The highest BCUT2D eigenvalue weighted by molar-refractivity contribution is 7.88. The highest BCUT2D eigenvalue weighted by Gasteiger charge is 2.31. The van der Waals surface area contributed by atoms with E-state index in [-0.39, 0.29) is 35.5 Å². The number of rotatable bonds is 6. The molecule has 1 fully saturated rings. The van der Waals surface area contributed by atoms with Gasteiger partial charge in [0.25, 0.3) is 0 Å². The van der Waals surface area contributed by atoms with E-state index in [4.69, 9.17) is 11.6 Å². The lowest BCUT2D eigenvalue weighted by atomic mass is 9.97. The molecule has 0 radical (unpaired) electrons. The van der Waals surface area contributed by atoms with Gasteiger partial charge < -0.3 is 5.32 Å². The molecule has 132 valence electrons. The molecule has 1 N–H and O–H groups in total. The lowest BCUT2D eigenvalue weighted by Crippen LogP contribution is -2.43. The number of carbonyl (C=O) groups excluding carboxylic acids is 1. The summed E-state index contributed by atoms with van der Waals surface area (Å²) in [5, 5.41) is 2.81. The van der Waals surface area contributed by atoms with Gasteiger partial charge in [-0.05, 0) is 25.0 Å². The van der Waals surface area contributed by atoms with Gasteiger partial charge in [-0.15, -0.1) is 6.58 Å². The van der Waals surface area contributed by atoms with Gasteiger partial charge in [0.1, 0.15) is 5.82 Å². The first-order chi connectivity index (χ1) is 11.3. The molecule has 0 aromatic heterocycles. The van der Waals surface area contributed by atoms with Crippen LogP contribution in [0.25, 0.3) is 0 Å². The van der Waals surface area contributed by atoms with Gasteiger partial charge in [-0.25, -0.2) is 17.1 Å². The van der Waals surface area contributed by atoms with E-state index in [1.165, 1.54) is 22.5 Å². The van der Waals surface area contributed by atoms with Crippen molar-refractivity contribution in [3.8, 4) is 0 Å². The largest absolute Gasteiger partial charge is 0.352 e. The van der Waals surface area contributed by atoms with Crippen LogP contribution >= 0.6 is 11.6 Å². The Kier molecular flexibility index (Phi) is 6.37. The van der Waals surface area contributed by atoms with Crippen molar-refractivity contribution in [1.82, 2.24) is 9.62 Å². The molecule has 24 heavy (non-hydrogen) atoms. The number of carbonyl (C=O) groups is 1. The highest BCUT2D eigenvalue weighted by atomic mass is 35.5. The molecule has 1 aliphatic heterocycles. The number of benzene rings is 1. The Morgan fingerprint density at radius 2 is 2.08 bits per heavy atom. The summed E-state index contributed by atoms with van der Waals surface area (Å²) in [6.07, 6.45) is 2.47. The van der Waals surface area contributed by atoms with Crippen molar-refractivity contribution in [3.05, 3.63) is 47.3 Å². The van der Waals surface area contributed by atoms with Crippen LogP contribution in [0, 0.1) is 11.7 Å². The van der Waals surface area contributed by atoms with Gasteiger partial charge in [0, 0.05) is 36.1 Å². The summed E-state index contributed by atoms with van der Waals surface area (Å²) in [5.41, 5.74) is -0.0231. The van der Waals surface area contributed by atoms with Crippen LogP contribution in [0.2, 0.25) is 5.02 Å². The molecule has 1 amide bonds. The normalized spacial score (nSPS) is 16.8. The van der Waals surface area contributed by atoms with Crippen molar-refractivity contribution in [1.29, 1.82) is 0 Å². The summed E-state index contributed by atoms with van der Waals surface area (Å²) in [7, 11) is -3.69. The average molecular weight is 375 g/mol. The van der Waals surface area contributed by atoms with Crippen LogP contribution in [0.4, 0.5) is 4.39 Å². The van der Waals surface area contributed by atoms with Crippen LogP contribution in [0.3, 0.4) is 0 Å². The van der Waals surface area contributed by atoms with Crippen LogP contribution < -0.4 is 5.32 Å². The zero-order chi connectivity index (χ0) is 17.7. The molecular formula is C16H20ClFN2O3S. The zero-order valence-corrected chi connectivity index (χ0v) is 14.7. The van der Waals surface area contributed by atoms with Crippen molar-refractivity contribution in [2.24, 2.45) is 5.92 Å². The number of amides is 1. The lowest BCUT2D eigenvalue weighted by molar-refractivity contribution is -0.125. The van der Waals surface area contributed by atoms with Gasteiger partial charge in [-0.2, -0.15) is 0 Å². The molecule has 0 unspecified atom stereocenters. The Labute approximate surface area is 146 Å². The molecule has 1 aromatic carbocycles. The highest BCUT2D eigenvalue weighted by Crippen LogP contribution is 2.25. The SMILES string of the molecule is C=CCNC(=O)C1CCN(S(=O)(=O)Cc2c(F)cccc2Cl)CC1. The second-order valence-corrected chi connectivity index (χ2v) is 8.04. The van der Waals surface area contributed by atoms with Gasteiger partial charge in [-0.3, -0.25) is 4.79 Å². The van der Waals surface area contributed by atoms with E-state index < -0.39 is 21.6 Å². The summed E-state index contributed by atoms with van der Waals surface area (Å²) >= 11 is 5.90. The van der Waals surface area contributed by atoms with Gasteiger partial charge in [0.2, 0.25) is 15.9 Å². The molecule has 0 atom stereocenters. The number of hydrogen-bond donors (Lipinski definition) is 1. The Morgan fingerprint density at radius 3 is 2.67 bits per heavy atom. The van der Waals surface area contributed by atoms with Crippen molar-refractivity contribution in [3.63, 3.8) is 0 Å². The lowest BCUT2D eigenvalue weighted by Gasteiger charge is -2.30. The van der Waals surface area contributed by atoms with Crippen LogP contribution in [-0.2, 0) is 20.6 Å². The number of halogens is 2. The standard InChI is InChI=1S/C16H20ClFN2O3S/c1-2-8-19-16(21)12-6-9-20(10-7-12)24(22,23)11-13-14(17)4-3-5-15(13)18/h2-5,12H,1,6-11H2,(H,19,21). The Balaban J connectivity index is 2.00. The van der Waals surface area contributed by atoms with E-state index in [0.717, 1.165) is 0 Å². The third-order valence-electron chi connectivity index (χ3n) is 4.03. The van der Waals surface area contributed by atoms with Crippen LogP contribution in [0.1, 0.15) is 18.4 Å². The summed E-state index contributed by atoms with van der Waals surface area (Å²) in [5.74, 6) is -1.42. The van der Waals surface area contributed by atoms with E-state index in [1.54, 1.807) is 6.08 Å². The number of hydrogen-bond acceptors (Lipinski definition) is 3. The summed E-state index contributed by atoms with van der Waals surface area (Å²) < 4.78 is 40.1. The molecule has 2 rings (SSSR count). The smallest absolute Gasteiger partial charge is 0.223 e. The van der Waals surface area contributed by atoms with Crippen molar-refractivity contribution in [2.75, 3.05) is 19.6 Å². The molecule has 0 bridgehead atoms. The Morgan fingerprint density at radius 1 is 1.42 bits per heavy atom. The van der Waals surface area contributed by atoms with Gasteiger partial charge >= 0.3 is 0 Å². The molecule has 0 saturated carbocycles.